The molecule has 8 nitrogen and oxygen atoms in total. The molecule has 1 aromatic rings. The van der Waals surface area contributed by atoms with Gasteiger partial charge in [0.2, 0.25) is 0 Å². The average molecular weight is 399 g/mol. The Bertz CT molecular complexity index is 724. The van der Waals surface area contributed by atoms with Crippen molar-refractivity contribution in [3.8, 4) is 11.5 Å². The zero-order valence-corrected chi connectivity index (χ0v) is 16.3. The van der Waals surface area contributed by atoms with E-state index < -0.39 is 17.7 Å². The van der Waals surface area contributed by atoms with Crippen LogP contribution < -0.4 is 14.8 Å². The van der Waals surface area contributed by atoms with E-state index in [1.165, 1.54) is 31.3 Å². The highest BCUT2D eigenvalue weighted by molar-refractivity contribution is 6.40. The number of hydrogen-bond donors (Lipinski definition) is 1. The van der Waals surface area contributed by atoms with E-state index in [1.807, 2.05) is 0 Å². The molecule has 0 spiro atoms. The standard InChI is InChI=1S/C18H23ClN2O6/c1-4-27-18(24)11-6-5-7-21(10-11)17(23)16(22)20-13-9-14(25-2)12(19)8-15(13)26-3/h8-9,11H,4-7,10H2,1-3H3,(H,20,22). The minimum absolute atomic E-state index is 0.159. The molecule has 1 atom stereocenters. The van der Waals surface area contributed by atoms with E-state index >= 15 is 0 Å². The van der Waals surface area contributed by atoms with Crippen LogP contribution in [0.5, 0.6) is 11.5 Å². The van der Waals surface area contributed by atoms with Crippen molar-refractivity contribution in [1.82, 2.24) is 4.90 Å². The van der Waals surface area contributed by atoms with Gasteiger partial charge in [-0.3, -0.25) is 14.4 Å². The van der Waals surface area contributed by atoms with Gasteiger partial charge in [-0.15, -0.1) is 0 Å². The average Bonchev–Trinajstić information content (AvgIpc) is 2.68. The number of halogens is 1. The maximum Gasteiger partial charge on any atom is 0.314 e. The second-order valence-electron chi connectivity index (χ2n) is 5.98. The maximum atomic E-state index is 12.5. The third-order valence-electron chi connectivity index (χ3n) is 4.24. The van der Waals surface area contributed by atoms with Gasteiger partial charge in [0, 0.05) is 25.2 Å². The van der Waals surface area contributed by atoms with Crippen LogP contribution in [0.3, 0.4) is 0 Å². The molecule has 0 aromatic heterocycles. The van der Waals surface area contributed by atoms with Crippen molar-refractivity contribution in [2.75, 3.05) is 39.2 Å². The molecule has 2 rings (SSSR count). The van der Waals surface area contributed by atoms with Gasteiger partial charge in [-0.1, -0.05) is 11.6 Å². The van der Waals surface area contributed by atoms with Gasteiger partial charge in [-0.25, -0.2) is 0 Å². The van der Waals surface area contributed by atoms with Gasteiger partial charge < -0.3 is 24.4 Å². The molecule has 0 aliphatic carbocycles. The van der Waals surface area contributed by atoms with Crippen LogP contribution in [-0.2, 0) is 19.1 Å². The number of methoxy groups -OCH3 is 2. The minimum atomic E-state index is -0.831. The summed E-state index contributed by atoms with van der Waals surface area (Å²) in [7, 11) is 2.86. The molecular formula is C18H23ClN2O6. The predicted molar refractivity (Wildman–Crippen MR) is 99.1 cm³/mol. The topological polar surface area (TPSA) is 94.2 Å². The van der Waals surface area contributed by atoms with Crippen LogP contribution in [0, 0.1) is 5.92 Å². The van der Waals surface area contributed by atoms with Crippen LogP contribution in [-0.4, -0.2) is 56.6 Å². The van der Waals surface area contributed by atoms with E-state index in [2.05, 4.69) is 5.32 Å². The lowest BCUT2D eigenvalue weighted by Gasteiger charge is -2.31. The molecule has 1 heterocycles. The summed E-state index contributed by atoms with van der Waals surface area (Å²) in [6.07, 6.45) is 1.26. The lowest BCUT2D eigenvalue weighted by atomic mass is 9.98. The Morgan fingerprint density at radius 2 is 1.93 bits per heavy atom. The van der Waals surface area contributed by atoms with E-state index in [1.54, 1.807) is 6.92 Å². The van der Waals surface area contributed by atoms with Crippen LogP contribution in [0.1, 0.15) is 19.8 Å². The molecule has 1 aliphatic rings. The van der Waals surface area contributed by atoms with Crippen molar-refractivity contribution in [2.45, 2.75) is 19.8 Å². The van der Waals surface area contributed by atoms with Gasteiger partial charge in [0.1, 0.15) is 11.5 Å². The highest BCUT2D eigenvalue weighted by Crippen LogP contribution is 2.35. The number of carbonyl (C=O) groups is 3. The first-order valence-corrected chi connectivity index (χ1v) is 8.97. The first kappa shape index (κ1) is 20.8. The number of likely N-dealkylation sites (tertiary alicyclic amines) is 1. The second-order valence-corrected chi connectivity index (χ2v) is 6.39. The van der Waals surface area contributed by atoms with Crippen molar-refractivity contribution in [2.24, 2.45) is 5.92 Å². The van der Waals surface area contributed by atoms with Crippen LogP contribution in [0.2, 0.25) is 5.02 Å². The molecule has 0 bridgehead atoms. The zero-order chi connectivity index (χ0) is 20.0. The highest BCUT2D eigenvalue weighted by atomic mass is 35.5. The molecule has 2 amide bonds. The van der Waals surface area contributed by atoms with Gasteiger partial charge >= 0.3 is 17.8 Å². The van der Waals surface area contributed by atoms with Crippen molar-refractivity contribution < 1.29 is 28.6 Å². The van der Waals surface area contributed by atoms with E-state index in [0.29, 0.717) is 35.9 Å². The summed E-state index contributed by atoms with van der Waals surface area (Å²) in [4.78, 5) is 38.2. The summed E-state index contributed by atoms with van der Waals surface area (Å²) >= 11 is 6.04. The molecule has 1 aromatic carbocycles. The summed E-state index contributed by atoms with van der Waals surface area (Å²) < 4.78 is 15.3. The molecule has 0 radical (unpaired) electrons. The maximum absolute atomic E-state index is 12.5. The molecule has 1 unspecified atom stereocenters. The van der Waals surface area contributed by atoms with Crippen molar-refractivity contribution >= 4 is 35.1 Å². The van der Waals surface area contributed by atoms with Crippen molar-refractivity contribution in [3.05, 3.63) is 17.2 Å². The van der Waals surface area contributed by atoms with Gasteiger partial charge in [0.15, 0.2) is 0 Å². The Morgan fingerprint density at radius 3 is 2.56 bits per heavy atom. The number of hydrogen-bond acceptors (Lipinski definition) is 6. The Morgan fingerprint density at radius 1 is 1.22 bits per heavy atom. The van der Waals surface area contributed by atoms with Gasteiger partial charge in [-0.2, -0.15) is 0 Å². The fraction of sp³-hybridized carbons (Fsp3) is 0.500. The van der Waals surface area contributed by atoms with Crippen molar-refractivity contribution in [1.29, 1.82) is 0 Å². The van der Waals surface area contributed by atoms with Crippen LogP contribution in [0.25, 0.3) is 0 Å². The van der Waals surface area contributed by atoms with Crippen LogP contribution in [0.4, 0.5) is 5.69 Å². The first-order valence-electron chi connectivity index (χ1n) is 8.59. The summed E-state index contributed by atoms with van der Waals surface area (Å²) in [6.45, 7) is 2.57. The minimum Gasteiger partial charge on any atom is -0.495 e. The van der Waals surface area contributed by atoms with E-state index in [4.69, 9.17) is 25.8 Å². The number of ether oxygens (including phenoxy) is 3. The number of rotatable bonds is 5. The highest BCUT2D eigenvalue weighted by Gasteiger charge is 2.32. The number of esters is 1. The van der Waals surface area contributed by atoms with E-state index in [0.717, 1.165) is 0 Å². The first-order chi connectivity index (χ1) is 12.9. The number of carbonyl (C=O) groups excluding carboxylic acids is 3. The second kappa shape index (κ2) is 9.45. The lowest BCUT2D eigenvalue weighted by molar-refractivity contribution is -0.153. The third kappa shape index (κ3) is 5.03. The molecule has 148 valence electrons. The predicted octanol–water partition coefficient (Wildman–Crippen LogP) is 2.10. The molecule has 1 saturated heterocycles. The fourth-order valence-electron chi connectivity index (χ4n) is 2.89. The molecular weight excluding hydrogens is 376 g/mol. The van der Waals surface area contributed by atoms with Gasteiger partial charge in [0.05, 0.1) is 37.5 Å². The number of amides is 2. The Labute approximate surface area is 162 Å². The summed E-state index contributed by atoms with van der Waals surface area (Å²) in [6, 6.07) is 2.96. The number of piperidine rings is 1. The molecule has 1 aliphatic heterocycles. The van der Waals surface area contributed by atoms with Gasteiger partial charge in [-0.05, 0) is 19.8 Å². The zero-order valence-electron chi connectivity index (χ0n) is 15.5. The summed E-state index contributed by atoms with van der Waals surface area (Å²) in [5.41, 5.74) is 0.260. The Balaban J connectivity index is 2.09. The molecule has 27 heavy (non-hydrogen) atoms. The molecule has 1 N–H and O–H groups in total. The quantitative estimate of drug-likeness (QED) is 0.603. The molecule has 1 fully saturated rings. The lowest BCUT2D eigenvalue weighted by Crippen LogP contribution is -2.47. The number of anilines is 1. The monoisotopic (exact) mass is 398 g/mol. The Kier molecular flexibility index (Phi) is 7.29. The summed E-state index contributed by atoms with van der Waals surface area (Å²) in [5.74, 6) is -1.69. The largest absolute Gasteiger partial charge is 0.495 e. The number of nitrogens with one attached hydrogen (secondary N) is 1. The van der Waals surface area contributed by atoms with Crippen molar-refractivity contribution in [3.63, 3.8) is 0 Å². The Hall–Kier alpha value is -2.48. The third-order valence-corrected chi connectivity index (χ3v) is 4.54. The SMILES string of the molecule is CCOC(=O)C1CCCN(C(=O)C(=O)Nc2cc(OC)c(Cl)cc2OC)C1. The van der Waals surface area contributed by atoms with E-state index in [9.17, 15) is 14.4 Å². The van der Waals surface area contributed by atoms with Crippen LogP contribution in [0.15, 0.2) is 12.1 Å². The van der Waals surface area contributed by atoms with Gasteiger partial charge in [0.25, 0.3) is 0 Å². The number of nitrogens with zero attached hydrogens (tertiary/aromatic N) is 1. The fourth-order valence-corrected chi connectivity index (χ4v) is 3.12. The summed E-state index contributed by atoms with van der Waals surface area (Å²) in [5, 5.41) is 2.83. The molecule has 9 heteroatoms. The molecule has 0 saturated carbocycles. The number of benzene rings is 1. The van der Waals surface area contributed by atoms with Crippen LogP contribution >= 0.6 is 11.6 Å². The normalized spacial score (nSPS) is 16.4. The van der Waals surface area contributed by atoms with E-state index in [-0.39, 0.29) is 24.8 Å². The smallest absolute Gasteiger partial charge is 0.314 e.